The fourth-order valence-electron chi connectivity index (χ4n) is 3.44. The lowest BCUT2D eigenvalue weighted by Crippen LogP contribution is -2.22. The average molecular weight is 396 g/mol. The van der Waals surface area contributed by atoms with Crippen molar-refractivity contribution in [3.05, 3.63) is 121 Å². The van der Waals surface area contributed by atoms with Gasteiger partial charge in [-0.3, -0.25) is 4.79 Å². The first kappa shape index (κ1) is 19.1. The molecule has 0 saturated carbocycles. The van der Waals surface area contributed by atoms with Gasteiger partial charge in [0.1, 0.15) is 0 Å². The third-order valence-corrected chi connectivity index (χ3v) is 8.02. The smallest absolute Gasteiger partial charge is 0.170 e. The number of hydrogen-bond donors (Lipinski definition) is 0. The number of ketones is 1. The highest BCUT2D eigenvalue weighted by atomic mass is 31.2. The largest absolute Gasteiger partial charge is 0.313 e. The quantitative estimate of drug-likeness (QED) is 0.316. The average Bonchev–Trinajstić information content (AvgIpc) is 2.81. The van der Waals surface area contributed by atoms with Crippen molar-refractivity contribution < 1.29 is 9.36 Å². The van der Waals surface area contributed by atoms with E-state index in [-0.39, 0.29) is 11.9 Å². The predicted molar refractivity (Wildman–Crippen MR) is 121 cm³/mol. The van der Waals surface area contributed by atoms with Crippen molar-refractivity contribution in [3.63, 3.8) is 0 Å². The molecule has 0 amide bonds. The van der Waals surface area contributed by atoms with Crippen molar-refractivity contribution in [2.45, 2.75) is 0 Å². The SMILES string of the molecule is O=C(CP(=O)(c1ccccc1)c1ccccc1)c1ccc(-c2ccccc2)cc1. The highest BCUT2D eigenvalue weighted by Gasteiger charge is 2.30. The van der Waals surface area contributed by atoms with Crippen LogP contribution in [-0.2, 0) is 4.57 Å². The summed E-state index contributed by atoms with van der Waals surface area (Å²) in [5.74, 6) is -0.111. The van der Waals surface area contributed by atoms with E-state index in [4.69, 9.17) is 0 Å². The molecule has 0 aliphatic carbocycles. The van der Waals surface area contributed by atoms with Crippen molar-refractivity contribution in [1.29, 1.82) is 0 Å². The molecule has 0 saturated heterocycles. The van der Waals surface area contributed by atoms with Crippen LogP contribution in [0.25, 0.3) is 11.1 Å². The molecular weight excluding hydrogens is 375 g/mol. The third kappa shape index (κ3) is 4.13. The first-order valence-electron chi connectivity index (χ1n) is 9.56. The molecule has 4 aromatic rings. The summed E-state index contributed by atoms with van der Waals surface area (Å²) in [6.07, 6.45) is -0.0221. The summed E-state index contributed by atoms with van der Waals surface area (Å²) in [6.45, 7) is 0. The zero-order chi connectivity index (χ0) is 20.1. The van der Waals surface area contributed by atoms with Crippen LogP contribution in [-0.4, -0.2) is 11.9 Å². The maximum absolute atomic E-state index is 14.1. The summed E-state index contributed by atoms with van der Waals surface area (Å²) in [7, 11) is -3.07. The molecule has 0 fully saturated rings. The number of carbonyl (C=O) groups excluding carboxylic acids is 1. The van der Waals surface area contributed by atoms with Crippen LogP contribution in [0.2, 0.25) is 0 Å². The molecule has 0 heterocycles. The fourth-order valence-corrected chi connectivity index (χ4v) is 6.00. The molecular formula is C26H21O2P. The van der Waals surface area contributed by atoms with Gasteiger partial charge in [-0.1, -0.05) is 115 Å². The van der Waals surface area contributed by atoms with Crippen LogP contribution in [0.15, 0.2) is 115 Å². The van der Waals surface area contributed by atoms with Crippen LogP contribution in [0.4, 0.5) is 0 Å². The maximum Gasteiger partial charge on any atom is 0.170 e. The number of hydrogen-bond acceptors (Lipinski definition) is 2. The van der Waals surface area contributed by atoms with Crippen molar-refractivity contribution in [2.24, 2.45) is 0 Å². The van der Waals surface area contributed by atoms with Gasteiger partial charge >= 0.3 is 0 Å². The first-order valence-corrected chi connectivity index (χ1v) is 11.4. The monoisotopic (exact) mass is 396 g/mol. The summed E-state index contributed by atoms with van der Waals surface area (Å²) in [5.41, 5.74) is 2.74. The highest BCUT2D eigenvalue weighted by Crippen LogP contribution is 2.43. The van der Waals surface area contributed by atoms with Crippen molar-refractivity contribution in [3.8, 4) is 11.1 Å². The van der Waals surface area contributed by atoms with Gasteiger partial charge < -0.3 is 4.57 Å². The van der Waals surface area contributed by atoms with E-state index in [1.807, 2.05) is 115 Å². The van der Waals surface area contributed by atoms with Gasteiger partial charge in [0.25, 0.3) is 0 Å². The second-order valence-corrected chi connectivity index (χ2v) is 9.76. The van der Waals surface area contributed by atoms with Crippen molar-refractivity contribution in [2.75, 3.05) is 6.16 Å². The third-order valence-electron chi connectivity index (χ3n) is 5.03. The van der Waals surface area contributed by atoms with E-state index >= 15 is 0 Å². The number of rotatable bonds is 6. The van der Waals surface area contributed by atoms with E-state index in [1.54, 1.807) is 0 Å². The maximum atomic E-state index is 14.1. The number of carbonyl (C=O) groups is 1. The predicted octanol–water partition coefficient (Wildman–Crippen LogP) is 5.55. The van der Waals surface area contributed by atoms with Crippen LogP contribution in [0.5, 0.6) is 0 Å². The first-order chi connectivity index (χ1) is 14.2. The lowest BCUT2D eigenvalue weighted by Gasteiger charge is -2.19. The Morgan fingerprint density at radius 1 is 0.552 bits per heavy atom. The highest BCUT2D eigenvalue weighted by molar-refractivity contribution is 7.79. The second kappa shape index (κ2) is 8.43. The van der Waals surface area contributed by atoms with E-state index in [0.29, 0.717) is 16.2 Å². The minimum atomic E-state index is -3.07. The van der Waals surface area contributed by atoms with Crippen LogP contribution >= 0.6 is 7.14 Å². The Morgan fingerprint density at radius 2 is 0.966 bits per heavy atom. The van der Waals surface area contributed by atoms with Crippen LogP contribution in [0, 0.1) is 0 Å². The number of benzene rings is 4. The van der Waals surface area contributed by atoms with Gasteiger partial charge in [0, 0.05) is 16.2 Å². The Bertz CT molecular complexity index is 1090. The molecule has 0 bridgehead atoms. The molecule has 0 aliphatic heterocycles. The molecule has 2 nitrogen and oxygen atoms in total. The molecule has 0 spiro atoms. The minimum absolute atomic E-state index is 0.0221. The Balaban J connectivity index is 1.65. The molecule has 0 N–H and O–H groups in total. The van der Waals surface area contributed by atoms with Gasteiger partial charge in [0.2, 0.25) is 0 Å². The molecule has 0 atom stereocenters. The molecule has 4 rings (SSSR count). The van der Waals surface area contributed by atoms with Crippen molar-refractivity contribution >= 4 is 23.5 Å². The van der Waals surface area contributed by atoms with Gasteiger partial charge in [0.05, 0.1) is 6.16 Å². The summed E-state index contributed by atoms with van der Waals surface area (Å²) < 4.78 is 14.1. The van der Waals surface area contributed by atoms with E-state index in [2.05, 4.69) is 0 Å². The van der Waals surface area contributed by atoms with E-state index in [1.165, 1.54) is 0 Å². The normalized spacial score (nSPS) is 11.2. The molecule has 0 aromatic heterocycles. The Kier molecular flexibility index (Phi) is 5.55. The number of Topliss-reactive ketones (excluding diaryl/α,β-unsaturated/α-hetero) is 1. The lowest BCUT2D eigenvalue weighted by atomic mass is 10.0. The zero-order valence-electron chi connectivity index (χ0n) is 15.9. The molecule has 0 unspecified atom stereocenters. The van der Waals surface area contributed by atoms with Crippen LogP contribution in [0.3, 0.4) is 0 Å². The molecule has 4 aromatic carbocycles. The fraction of sp³-hybridized carbons (Fsp3) is 0.0385. The second-order valence-electron chi connectivity index (χ2n) is 6.94. The van der Waals surface area contributed by atoms with Gasteiger partial charge in [0.15, 0.2) is 12.9 Å². The van der Waals surface area contributed by atoms with E-state index in [0.717, 1.165) is 11.1 Å². The van der Waals surface area contributed by atoms with E-state index < -0.39 is 7.14 Å². The minimum Gasteiger partial charge on any atom is -0.313 e. The Morgan fingerprint density at radius 3 is 1.45 bits per heavy atom. The van der Waals surface area contributed by atoms with Gasteiger partial charge in [-0.25, -0.2) is 0 Å². The molecule has 142 valence electrons. The lowest BCUT2D eigenvalue weighted by molar-refractivity contribution is 0.102. The molecule has 0 aliphatic rings. The van der Waals surface area contributed by atoms with Gasteiger partial charge in [-0.15, -0.1) is 0 Å². The Hall–Kier alpha value is -3.22. The topological polar surface area (TPSA) is 34.1 Å². The molecule has 0 radical (unpaired) electrons. The van der Waals surface area contributed by atoms with Crippen LogP contribution < -0.4 is 10.6 Å². The summed E-state index contributed by atoms with van der Waals surface area (Å²) >= 11 is 0. The zero-order valence-corrected chi connectivity index (χ0v) is 16.8. The standard InChI is InChI=1S/C26H21O2P/c27-26(23-18-16-22(17-19-23)21-10-4-1-5-11-21)20-29(28,24-12-6-2-7-13-24)25-14-8-3-9-15-25/h1-19H,20H2. The summed E-state index contributed by atoms with van der Waals surface area (Å²) in [4.78, 5) is 13.1. The summed E-state index contributed by atoms with van der Waals surface area (Å²) in [5, 5.41) is 1.42. The summed E-state index contributed by atoms with van der Waals surface area (Å²) in [6, 6.07) is 36.2. The van der Waals surface area contributed by atoms with Crippen LogP contribution in [0.1, 0.15) is 10.4 Å². The Labute approximate surface area is 171 Å². The molecule has 29 heavy (non-hydrogen) atoms. The van der Waals surface area contributed by atoms with E-state index in [9.17, 15) is 9.36 Å². The molecule has 3 heteroatoms. The van der Waals surface area contributed by atoms with Gasteiger partial charge in [-0.05, 0) is 11.1 Å². The van der Waals surface area contributed by atoms with Crippen molar-refractivity contribution in [1.82, 2.24) is 0 Å². The van der Waals surface area contributed by atoms with Gasteiger partial charge in [-0.2, -0.15) is 0 Å².